The van der Waals surface area contributed by atoms with Crippen LogP contribution in [0, 0.1) is 29.1 Å². The molecule has 1 aliphatic rings. The van der Waals surface area contributed by atoms with Crippen molar-refractivity contribution in [3.8, 4) is 0 Å². The zero-order chi connectivity index (χ0) is 45.2. The van der Waals surface area contributed by atoms with Crippen LogP contribution in [0.25, 0.3) is 0 Å². The van der Waals surface area contributed by atoms with Crippen molar-refractivity contribution in [1.29, 1.82) is 0 Å². The summed E-state index contributed by atoms with van der Waals surface area (Å²) in [6.07, 6.45) is 1.24. The van der Waals surface area contributed by atoms with Gasteiger partial charge in [-0.25, -0.2) is 0 Å². The molecule has 1 aromatic rings. The number of likely N-dealkylation sites (N-methyl/N-ethyl adjacent to an activating group) is 2. The number of hydrogen-bond acceptors (Lipinski definition) is 8. The highest BCUT2D eigenvalue weighted by molar-refractivity contribution is 5.93. The molecule has 0 aliphatic carbocycles. The Kier molecular flexibility index (Phi) is 19.7. The molecule has 0 spiro atoms. The second-order valence-corrected chi connectivity index (χ2v) is 19.7. The van der Waals surface area contributed by atoms with Gasteiger partial charge in [0, 0.05) is 38.8 Å². The molecule has 0 radical (unpaired) electrons. The largest absolute Gasteiger partial charge is 0.379 e. The summed E-state index contributed by atoms with van der Waals surface area (Å²) >= 11 is 0. The lowest BCUT2D eigenvalue weighted by molar-refractivity contribution is -0.148. The van der Waals surface area contributed by atoms with Crippen LogP contribution in [0.15, 0.2) is 30.3 Å². The van der Waals surface area contributed by atoms with Gasteiger partial charge in [0.2, 0.25) is 23.6 Å². The molecule has 0 aromatic heterocycles. The molecule has 12 nitrogen and oxygen atoms in total. The zero-order valence-corrected chi connectivity index (χ0v) is 39.7. The molecule has 1 fully saturated rings. The molecule has 336 valence electrons. The number of nitrogens with one attached hydrogen (secondary N) is 2. The third kappa shape index (κ3) is 13.8. The number of methoxy groups -OCH3 is 2. The highest BCUT2D eigenvalue weighted by atomic mass is 16.5. The van der Waals surface area contributed by atoms with E-state index in [1.54, 1.807) is 38.0 Å². The zero-order valence-electron chi connectivity index (χ0n) is 39.7. The molecular weight excluding hydrogens is 747 g/mol. The van der Waals surface area contributed by atoms with Gasteiger partial charge >= 0.3 is 0 Å². The number of Topliss-reactive ketones (excluding diaryl/α,β-unsaturated/α-hetero) is 1. The van der Waals surface area contributed by atoms with E-state index in [0.717, 1.165) is 18.4 Å². The maximum Gasteiger partial charge on any atom is 0.245 e. The van der Waals surface area contributed by atoms with Gasteiger partial charge in [0.1, 0.15) is 6.04 Å². The van der Waals surface area contributed by atoms with Crippen molar-refractivity contribution in [2.45, 2.75) is 170 Å². The Labute approximate surface area is 357 Å². The molecule has 0 unspecified atom stereocenters. The second-order valence-electron chi connectivity index (χ2n) is 19.7. The molecule has 1 saturated heterocycles. The minimum Gasteiger partial charge on any atom is -0.379 e. The third-order valence-electron chi connectivity index (χ3n) is 12.5. The Hall–Kier alpha value is -3.35. The number of hydrogen-bond donors (Lipinski definition) is 2. The monoisotopic (exact) mass is 828 g/mol. The fraction of sp³-hybridized carbons (Fsp3) is 0.766. The molecule has 0 bridgehead atoms. The minimum atomic E-state index is -0.786. The summed E-state index contributed by atoms with van der Waals surface area (Å²) in [4.78, 5) is 75.8. The van der Waals surface area contributed by atoms with Gasteiger partial charge in [-0.05, 0) is 70.4 Å². The quantitative estimate of drug-likeness (QED) is 0.151. The number of ether oxygens (including phenoxy) is 2. The Morgan fingerprint density at radius 1 is 0.847 bits per heavy atom. The molecule has 1 heterocycles. The molecule has 1 aliphatic heterocycles. The van der Waals surface area contributed by atoms with Gasteiger partial charge in [0.25, 0.3) is 0 Å². The van der Waals surface area contributed by atoms with E-state index in [4.69, 9.17) is 9.47 Å². The SMILES string of the molecule is CC[C@H](C)[C@@H]([C@@H](CC(=O)N1CCC[C@H]1[C@H](OC)[C@@H](C)C(=O)N[C@@H](Cc1ccccc1)C(=O)C(C)(C)C)OC)N(C)C(=O)[C@@H](NC(=O)[C@H](C(C)C)N(C)C(C)(C)C)C(C)C. The molecule has 12 heteroatoms. The lowest BCUT2D eigenvalue weighted by Gasteiger charge is -2.42. The number of amides is 4. The highest BCUT2D eigenvalue weighted by Crippen LogP contribution is 2.30. The summed E-state index contributed by atoms with van der Waals surface area (Å²) in [6.45, 7) is 26.0. The Morgan fingerprint density at radius 3 is 1.92 bits per heavy atom. The van der Waals surface area contributed by atoms with Crippen LogP contribution >= 0.6 is 0 Å². The van der Waals surface area contributed by atoms with Crippen molar-refractivity contribution in [3.63, 3.8) is 0 Å². The first-order valence-corrected chi connectivity index (χ1v) is 21.9. The summed E-state index contributed by atoms with van der Waals surface area (Å²) < 4.78 is 12.1. The number of carbonyl (C=O) groups excluding carboxylic acids is 5. The second kappa shape index (κ2) is 22.5. The fourth-order valence-corrected chi connectivity index (χ4v) is 8.51. The van der Waals surface area contributed by atoms with Gasteiger partial charge in [-0.2, -0.15) is 0 Å². The predicted molar refractivity (Wildman–Crippen MR) is 236 cm³/mol. The van der Waals surface area contributed by atoms with Crippen molar-refractivity contribution in [2.24, 2.45) is 29.1 Å². The van der Waals surface area contributed by atoms with E-state index < -0.39 is 47.7 Å². The number of likely N-dealkylation sites (tertiary alicyclic amines) is 1. The van der Waals surface area contributed by atoms with E-state index in [2.05, 4.69) is 43.2 Å². The standard InChI is InChI=1S/C47H81N5O7/c1-18-31(6)40(50(14)45(57)38(29(2)3)49-44(56)39(30(4)5)51(15)47(11,12)13)36(58-16)28-37(53)52-26-22-25-35(52)41(59-17)32(7)43(55)48-34(42(54)46(8,9)10)27-33-23-20-19-21-24-33/h19-21,23-24,29-32,34-36,38-41H,18,22,25-28H2,1-17H3,(H,48,55)(H,49,56)/t31-,32+,34-,35-,36+,38-,39-,40-,41+/m0/s1. The number of benzene rings is 1. The van der Waals surface area contributed by atoms with E-state index in [1.165, 1.54) is 0 Å². The summed E-state index contributed by atoms with van der Waals surface area (Å²) in [7, 11) is 6.81. The van der Waals surface area contributed by atoms with Crippen LogP contribution in [0.5, 0.6) is 0 Å². The first kappa shape index (κ1) is 51.8. The smallest absolute Gasteiger partial charge is 0.245 e. The minimum absolute atomic E-state index is 0.00956. The summed E-state index contributed by atoms with van der Waals surface area (Å²) in [6, 6.07) is 6.84. The number of nitrogens with zero attached hydrogens (tertiary/aromatic N) is 3. The molecule has 2 N–H and O–H groups in total. The normalized spacial score (nSPS) is 19.1. The molecule has 0 saturated carbocycles. The topological polar surface area (TPSA) is 138 Å². The van der Waals surface area contributed by atoms with Gasteiger partial charge in [-0.15, -0.1) is 0 Å². The Bertz CT molecular complexity index is 1520. The maximum absolute atomic E-state index is 14.5. The molecule has 9 atom stereocenters. The number of carbonyl (C=O) groups is 5. The number of ketones is 1. The van der Waals surface area contributed by atoms with Crippen molar-refractivity contribution in [3.05, 3.63) is 35.9 Å². The van der Waals surface area contributed by atoms with Crippen LogP contribution in [0.3, 0.4) is 0 Å². The van der Waals surface area contributed by atoms with Crippen molar-refractivity contribution in [2.75, 3.05) is 34.9 Å². The van der Waals surface area contributed by atoms with E-state index in [1.807, 2.05) is 92.8 Å². The Balaban J connectivity index is 2.34. The van der Waals surface area contributed by atoms with E-state index >= 15 is 0 Å². The van der Waals surface area contributed by atoms with E-state index in [0.29, 0.717) is 19.4 Å². The van der Waals surface area contributed by atoms with Crippen molar-refractivity contribution >= 4 is 29.4 Å². The van der Waals surface area contributed by atoms with E-state index in [9.17, 15) is 24.0 Å². The predicted octanol–water partition coefficient (Wildman–Crippen LogP) is 6.15. The van der Waals surface area contributed by atoms with Gasteiger partial charge in [-0.1, -0.05) is 106 Å². The van der Waals surface area contributed by atoms with Crippen LogP contribution in [-0.2, 0) is 39.9 Å². The lowest BCUT2D eigenvalue weighted by atomic mass is 9.83. The average molecular weight is 828 g/mol. The first-order valence-electron chi connectivity index (χ1n) is 21.9. The van der Waals surface area contributed by atoms with Crippen LogP contribution in [-0.4, -0.2) is 127 Å². The van der Waals surface area contributed by atoms with E-state index in [-0.39, 0.29) is 65.2 Å². The summed E-state index contributed by atoms with van der Waals surface area (Å²) in [5.41, 5.74) is 0.0155. The van der Waals surface area contributed by atoms with Crippen LogP contribution in [0.1, 0.15) is 121 Å². The molecule has 1 aromatic carbocycles. The first-order chi connectivity index (χ1) is 27.3. The lowest BCUT2D eigenvalue weighted by Crippen LogP contribution is -2.61. The molecular formula is C47H81N5O7. The summed E-state index contributed by atoms with van der Waals surface area (Å²) in [5.74, 6) is -1.83. The van der Waals surface area contributed by atoms with Crippen LogP contribution in [0.2, 0.25) is 0 Å². The van der Waals surface area contributed by atoms with Gasteiger partial charge in [0.05, 0.1) is 48.7 Å². The van der Waals surface area contributed by atoms with Crippen molar-refractivity contribution < 1.29 is 33.4 Å². The maximum atomic E-state index is 14.5. The highest BCUT2D eigenvalue weighted by Gasteiger charge is 2.44. The Morgan fingerprint density at radius 2 is 1.44 bits per heavy atom. The number of rotatable bonds is 21. The molecule has 4 amide bonds. The molecule has 2 rings (SSSR count). The fourth-order valence-electron chi connectivity index (χ4n) is 8.51. The van der Waals surface area contributed by atoms with Gasteiger partial charge in [-0.3, -0.25) is 28.9 Å². The van der Waals surface area contributed by atoms with Gasteiger partial charge < -0.3 is 29.9 Å². The van der Waals surface area contributed by atoms with Crippen LogP contribution < -0.4 is 10.6 Å². The van der Waals surface area contributed by atoms with Crippen LogP contribution in [0.4, 0.5) is 0 Å². The van der Waals surface area contributed by atoms with Gasteiger partial charge in [0.15, 0.2) is 5.78 Å². The third-order valence-corrected chi connectivity index (χ3v) is 12.5. The molecule has 59 heavy (non-hydrogen) atoms. The average Bonchev–Trinajstić information content (AvgIpc) is 3.65. The summed E-state index contributed by atoms with van der Waals surface area (Å²) in [5, 5.41) is 6.16. The van der Waals surface area contributed by atoms with Crippen molar-refractivity contribution in [1.82, 2.24) is 25.3 Å².